The van der Waals surface area contributed by atoms with Crippen LogP contribution in [0.1, 0.15) is 32.6 Å². The summed E-state index contributed by atoms with van der Waals surface area (Å²) in [6, 6.07) is 23.0. The topological polar surface area (TPSA) is 108 Å². The molecule has 6 rings (SSSR count). The number of carbonyl (C=O) groups excluding carboxylic acids is 2. The predicted octanol–water partition coefficient (Wildman–Crippen LogP) is 4.06. The molecule has 1 saturated heterocycles. The highest BCUT2D eigenvalue weighted by Crippen LogP contribution is 2.40. The normalized spacial score (nSPS) is 16.7. The molecule has 0 atom stereocenters. The predicted molar refractivity (Wildman–Crippen MR) is 157 cm³/mol. The summed E-state index contributed by atoms with van der Waals surface area (Å²) in [6.07, 6.45) is -1.55. The van der Waals surface area contributed by atoms with Crippen LogP contribution in [0.25, 0.3) is 0 Å². The van der Waals surface area contributed by atoms with Gasteiger partial charge < -0.3 is 15.5 Å². The summed E-state index contributed by atoms with van der Waals surface area (Å²) in [5.74, 6) is -0.770. The van der Waals surface area contributed by atoms with Gasteiger partial charge in [0.1, 0.15) is 0 Å². The fourth-order valence-corrected chi connectivity index (χ4v) is 5.66. The van der Waals surface area contributed by atoms with Crippen molar-refractivity contribution in [1.82, 2.24) is 19.8 Å². The first kappa shape index (κ1) is 28.8. The number of hydrogen-bond donors (Lipinski definition) is 1. The largest absolute Gasteiger partial charge is 0.417 e. The number of piperazine rings is 1. The Hall–Kier alpha value is -5.26. The zero-order valence-electron chi connectivity index (χ0n) is 23.5. The number of alkyl halides is 3. The number of aliphatic imine (C=N–C) groups is 1. The van der Waals surface area contributed by atoms with Gasteiger partial charge in [-0.05, 0) is 34.9 Å². The quantitative estimate of drug-likeness (QED) is 0.358. The number of nitrogens with two attached hydrogens (primary N) is 1. The minimum atomic E-state index is -4.76. The fourth-order valence-electron chi connectivity index (χ4n) is 5.66. The van der Waals surface area contributed by atoms with Gasteiger partial charge in [-0.1, -0.05) is 66.7 Å². The highest BCUT2D eigenvalue weighted by molar-refractivity contribution is 6.09. The number of carbonyl (C=O) groups is 2. The highest BCUT2D eigenvalue weighted by Gasteiger charge is 2.50. The minimum absolute atomic E-state index is 0.0743. The van der Waals surface area contributed by atoms with Crippen molar-refractivity contribution in [2.75, 3.05) is 31.1 Å². The van der Waals surface area contributed by atoms with E-state index in [2.05, 4.69) is 15.0 Å². The molecule has 2 aliphatic rings. The van der Waals surface area contributed by atoms with Crippen molar-refractivity contribution in [2.45, 2.75) is 18.3 Å². The third-order valence-electron chi connectivity index (χ3n) is 7.86. The molecule has 1 fully saturated rings. The van der Waals surface area contributed by atoms with E-state index in [4.69, 9.17) is 5.73 Å². The van der Waals surface area contributed by atoms with Crippen LogP contribution in [-0.4, -0.2) is 63.7 Å². The molecule has 0 aliphatic carbocycles. The maximum atomic E-state index is 14.1. The van der Waals surface area contributed by atoms with Gasteiger partial charge in [0.05, 0.1) is 17.7 Å². The van der Waals surface area contributed by atoms with E-state index in [1.54, 1.807) is 67.0 Å². The molecule has 2 N–H and O–H groups in total. The summed E-state index contributed by atoms with van der Waals surface area (Å²) in [5, 5.41) is 0. The first-order valence-corrected chi connectivity index (χ1v) is 14.0. The fraction of sp³-hybridized carbons (Fsp3) is 0.219. The summed E-state index contributed by atoms with van der Waals surface area (Å²) in [4.78, 5) is 45.3. The first-order chi connectivity index (χ1) is 21.2. The van der Waals surface area contributed by atoms with Crippen LogP contribution in [0.3, 0.4) is 0 Å². The van der Waals surface area contributed by atoms with Crippen molar-refractivity contribution in [3.8, 4) is 0 Å². The smallest absolute Gasteiger partial charge is 0.369 e. The zero-order valence-corrected chi connectivity index (χ0v) is 23.5. The van der Waals surface area contributed by atoms with Gasteiger partial charge >= 0.3 is 6.18 Å². The summed E-state index contributed by atoms with van der Waals surface area (Å²) in [6.45, 7) is 0.951. The third-order valence-corrected chi connectivity index (χ3v) is 7.86. The average Bonchev–Trinajstić information content (AvgIpc) is 3.31. The van der Waals surface area contributed by atoms with Gasteiger partial charge in [-0.25, -0.2) is 15.0 Å². The van der Waals surface area contributed by atoms with E-state index in [9.17, 15) is 22.8 Å². The minimum Gasteiger partial charge on any atom is -0.369 e. The molecule has 4 aromatic rings. The average molecular weight is 600 g/mol. The summed E-state index contributed by atoms with van der Waals surface area (Å²) in [7, 11) is 0. The van der Waals surface area contributed by atoms with Crippen LogP contribution in [0.15, 0.2) is 102 Å². The summed E-state index contributed by atoms with van der Waals surface area (Å²) in [5.41, 5.74) is 4.85. The number of rotatable bonds is 6. The van der Waals surface area contributed by atoms with E-state index in [1.807, 2.05) is 17.0 Å². The molecule has 44 heavy (non-hydrogen) atoms. The van der Waals surface area contributed by atoms with Crippen LogP contribution >= 0.6 is 0 Å². The molecule has 3 heterocycles. The number of aromatic nitrogens is 2. The first-order valence-electron chi connectivity index (χ1n) is 14.0. The molecule has 9 nitrogen and oxygen atoms in total. The molecule has 2 aliphatic heterocycles. The van der Waals surface area contributed by atoms with E-state index < -0.39 is 34.7 Å². The lowest BCUT2D eigenvalue weighted by molar-refractivity contribution is -0.138. The molecule has 0 unspecified atom stereocenters. The molecular weight excluding hydrogens is 571 g/mol. The van der Waals surface area contributed by atoms with Gasteiger partial charge in [-0.3, -0.25) is 14.5 Å². The van der Waals surface area contributed by atoms with Gasteiger partial charge in [0.2, 0.25) is 5.95 Å². The lowest BCUT2D eigenvalue weighted by atomic mass is 9.83. The Morgan fingerprint density at radius 2 is 1.43 bits per heavy atom. The van der Waals surface area contributed by atoms with Gasteiger partial charge in [-0.2, -0.15) is 13.2 Å². The Labute approximate surface area is 251 Å². The van der Waals surface area contributed by atoms with Gasteiger partial charge in [0, 0.05) is 38.6 Å². The molecule has 1 aromatic heterocycles. The summed E-state index contributed by atoms with van der Waals surface area (Å²) < 4.78 is 42.3. The number of hydrogen-bond acceptors (Lipinski definition) is 7. The van der Waals surface area contributed by atoms with Crippen molar-refractivity contribution >= 4 is 23.7 Å². The molecule has 2 amide bonds. The van der Waals surface area contributed by atoms with Crippen LogP contribution in [0.4, 0.5) is 19.1 Å². The van der Waals surface area contributed by atoms with Crippen LogP contribution in [0.2, 0.25) is 0 Å². The standard InChI is InChI=1S/C32H28F3N7O2/c33-32(34,35)26-13-12-22(20-25(26)27(43)40-16-18-41(19-17-40)30-37-14-7-15-38-30)21-42-28(44)31(39-29(42)36,23-8-3-1-4-9-23)24-10-5-2-6-11-24/h1-15,20H,16-19,21H2,(H2,36,39). The van der Waals surface area contributed by atoms with E-state index in [0.29, 0.717) is 35.7 Å². The second kappa shape index (κ2) is 11.4. The van der Waals surface area contributed by atoms with Crippen molar-refractivity contribution in [3.63, 3.8) is 0 Å². The number of guanidine groups is 1. The molecule has 12 heteroatoms. The third kappa shape index (κ3) is 5.23. The Balaban J connectivity index is 1.29. The van der Waals surface area contributed by atoms with Crippen LogP contribution in [0.5, 0.6) is 0 Å². The number of halogens is 3. The zero-order chi connectivity index (χ0) is 30.9. The number of anilines is 1. The van der Waals surface area contributed by atoms with Gasteiger partial charge in [0.25, 0.3) is 11.8 Å². The Morgan fingerprint density at radius 1 is 0.841 bits per heavy atom. The van der Waals surface area contributed by atoms with E-state index in [0.717, 1.165) is 6.07 Å². The highest BCUT2D eigenvalue weighted by atomic mass is 19.4. The molecule has 3 aromatic carbocycles. The lowest BCUT2D eigenvalue weighted by Gasteiger charge is -2.35. The second-order valence-corrected chi connectivity index (χ2v) is 10.5. The molecular formula is C32H28F3N7O2. The van der Waals surface area contributed by atoms with E-state index in [-0.39, 0.29) is 25.6 Å². The van der Waals surface area contributed by atoms with E-state index >= 15 is 0 Å². The Morgan fingerprint density at radius 3 is 2.00 bits per heavy atom. The Bertz CT molecular complexity index is 1650. The second-order valence-electron chi connectivity index (χ2n) is 10.5. The maximum absolute atomic E-state index is 14.1. The SMILES string of the molecule is NC1=NC(c2ccccc2)(c2ccccc2)C(=O)N1Cc1ccc(C(F)(F)F)c(C(=O)N2CCN(c3ncccn3)CC2)c1. The van der Waals surface area contributed by atoms with Crippen LogP contribution < -0.4 is 10.6 Å². The van der Waals surface area contributed by atoms with Crippen molar-refractivity contribution in [2.24, 2.45) is 10.7 Å². The number of benzene rings is 3. The molecule has 0 saturated carbocycles. The van der Waals surface area contributed by atoms with Crippen molar-refractivity contribution < 1.29 is 22.8 Å². The van der Waals surface area contributed by atoms with Gasteiger partial charge in [0.15, 0.2) is 11.5 Å². The molecule has 0 radical (unpaired) electrons. The van der Waals surface area contributed by atoms with Gasteiger partial charge in [-0.15, -0.1) is 0 Å². The Kier molecular flexibility index (Phi) is 7.50. The molecule has 224 valence electrons. The lowest BCUT2D eigenvalue weighted by Crippen LogP contribution is -2.49. The van der Waals surface area contributed by atoms with Crippen LogP contribution in [0, 0.1) is 0 Å². The molecule has 0 spiro atoms. The van der Waals surface area contributed by atoms with Crippen molar-refractivity contribution in [3.05, 3.63) is 125 Å². The molecule has 0 bridgehead atoms. The maximum Gasteiger partial charge on any atom is 0.417 e. The summed E-state index contributed by atoms with van der Waals surface area (Å²) >= 11 is 0. The van der Waals surface area contributed by atoms with Crippen molar-refractivity contribution in [1.29, 1.82) is 0 Å². The number of amides is 2. The number of nitrogens with zero attached hydrogens (tertiary/aromatic N) is 6. The monoisotopic (exact) mass is 599 g/mol. The van der Waals surface area contributed by atoms with Crippen LogP contribution in [-0.2, 0) is 23.1 Å². The van der Waals surface area contributed by atoms with E-state index in [1.165, 1.54) is 21.9 Å².